The van der Waals surface area contributed by atoms with Crippen LogP contribution in [-0.2, 0) is 6.42 Å². The molecule has 0 aromatic carbocycles. The first-order valence-electron chi connectivity index (χ1n) is 7.92. The van der Waals surface area contributed by atoms with Crippen LogP contribution in [0.5, 0.6) is 0 Å². The van der Waals surface area contributed by atoms with E-state index in [1.807, 2.05) is 29.8 Å². The van der Waals surface area contributed by atoms with E-state index in [0.717, 1.165) is 53.6 Å². The van der Waals surface area contributed by atoms with Crippen molar-refractivity contribution in [1.82, 2.24) is 19.6 Å². The van der Waals surface area contributed by atoms with Crippen molar-refractivity contribution in [2.24, 2.45) is 0 Å². The van der Waals surface area contributed by atoms with Gasteiger partial charge in [0.05, 0.1) is 11.4 Å². The summed E-state index contributed by atoms with van der Waals surface area (Å²) < 4.78 is 1.90. The molecular weight excluding hydrogens is 288 g/mol. The highest BCUT2D eigenvalue weighted by Crippen LogP contribution is 2.18. The Bertz CT molecular complexity index is 794. The lowest BCUT2D eigenvalue weighted by molar-refractivity contribution is 0.888. The predicted molar refractivity (Wildman–Crippen MR) is 93.1 cm³/mol. The van der Waals surface area contributed by atoms with E-state index in [0.29, 0.717) is 0 Å². The second-order valence-corrected chi connectivity index (χ2v) is 5.53. The molecule has 3 rings (SSSR count). The summed E-state index contributed by atoms with van der Waals surface area (Å²) in [7, 11) is 0. The zero-order valence-corrected chi connectivity index (χ0v) is 13.8. The van der Waals surface area contributed by atoms with Crippen molar-refractivity contribution >= 4 is 17.2 Å². The maximum atomic E-state index is 4.69. The van der Waals surface area contributed by atoms with Crippen molar-refractivity contribution < 1.29 is 0 Å². The minimum atomic E-state index is 0.787. The van der Waals surface area contributed by atoms with Gasteiger partial charge in [0.15, 0.2) is 5.65 Å². The lowest BCUT2D eigenvalue weighted by atomic mass is 10.2. The van der Waals surface area contributed by atoms with Crippen LogP contribution in [-0.4, -0.2) is 32.7 Å². The molecule has 120 valence electrons. The molecule has 23 heavy (non-hydrogen) atoms. The van der Waals surface area contributed by atoms with Gasteiger partial charge >= 0.3 is 0 Å². The molecule has 0 aliphatic rings. The zero-order chi connectivity index (χ0) is 16.2. The van der Waals surface area contributed by atoms with Crippen molar-refractivity contribution in [2.45, 2.75) is 27.2 Å². The highest BCUT2D eigenvalue weighted by Gasteiger charge is 2.11. The van der Waals surface area contributed by atoms with Crippen LogP contribution in [0.15, 0.2) is 30.6 Å². The van der Waals surface area contributed by atoms with Crippen LogP contribution in [0.2, 0.25) is 0 Å². The van der Waals surface area contributed by atoms with Gasteiger partial charge in [0.1, 0.15) is 5.82 Å². The van der Waals surface area contributed by atoms with Crippen LogP contribution < -0.4 is 10.6 Å². The number of hydrogen-bond donors (Lipinski definition) is 2. The molecule has 0 bridgehead atoms. The second-order valence-electron chi connectivity index (χ2n) is 5.53. The molecule has 0 spiro atoms. The van der Waals surface area contributed by atoms with E-state index < -0.39 is 0 Å². The molecule has 3 aromatic rings. The summed E-state index contributed by atoms with van der Waals surface area (Å²) in [6, 6.07) is 6.00. The van der Waals surface area contributed by atoms with Gasteiger partial charge in [-0.1, -0.05) is 6.92 Å². The van der Waals surface area contributed by atoms with Gasteiger partial charge in [-0.25, -0.2) is 4.98 Å². The number of rotatable bonds is 6. The highest BCUT2D eigenvalue weighted by atomic mass is 15.3. The molecule has 0 saturated heterocycles. The van der Waals surface area contributed by atoms with Gasteiger partial charge in [0, 0.05) is 42.8 Å². The average molecular weight is 310 g/mol. The van der Waals surface area contributed by atoms with Crippen molar-refractivity contribution in [2.75, 3.05) is 23.7 Å². The molecule has 0 atom stereocenters. The van der Waals surface area contributed by atoms with E-state index in [9.17, 15) is 0 Å². The number of pyridine rings is 1. The van der Waals surface area contributed by atoms with Crippen LogP contribution in [0.25, 0.3) is 5.65 Å². The monoisotopic (exact) mass is 310 g/mol. The number of aromatic nitrogens is 4. The van der Waals surface area contributed by atoms with Gasteiger partial charge in [-0.2, -0.15) is 9.61 Å². The summed E-state index contributed by atoms with van der Waals surface area (Å²) in [5.74, 6) is 0.982. The van der Waals surface area contributed by atoms with Gasteiger partial charge in [0.2, 0.25) is 0 Å². The number of hydrogen-bond acceptors (Lipinski definition) is 5. The smallest absolute Gasteiger partial charge is 0.160 e. The molecule has 6 heteroatoms. The Morgan fingerprint density at radius 3 is 2.74 bits per heavy atom. The topological polar surface area (TPSA) is 67.1 Å². The first-order valence-corrected chi connectivity index (χ1v) is 7.92. The summed E-state index contributed by atoms with van der Waals surface area (Å²) >= 11 is 0. The number of anilines is 2. The Morgan fingerprint density at radius 2 is 2.00 bits per heavy atom. The molecule has 0 fully saturated rings. The van der Waals surface area contributed by atoms with Gasteiger partial charge in [0.25, 0.3) is 0 Å². The van der Waals surface area contributed by atoms with Gasteiger partial charge in [-0.05, 0) is 32.4 Å². The fourth-order valence-electron chi connectivity index (χ4n) is 2.45. The van der Waals surface area contributed by atoms with Crippen molar-refractivity contribution in [1.29, 1.82) is 0 Å². The Labute approximate surface area is 136 Å². The molecular formula is C17H22N6. The first kappa shape index (κ1) is 15.3. The summed E-state index contributed by atoms with van der Waals surface area (Å²) in [6.45, 7) is 7.79. The number of nitrogens with one attached hydrogen (secondary N) is 2. The lowest BCUT2D eigenvalue weighted by Gasteiger charge is -2.11. The lowest BCUT2D eigenvalue weighted by Crippen LogP contribution is -2.16. The van der Waals surface area contributed by atoms with Gasteiger partial charge in [-0.3, -0.25) is 4.98 Å². The van der Waals surface area contributed by atoms with Crippen molar-refractivity contribution in [3.63, 3.8) is 0 Å². The molecule has 2 N–H and O–H groups in total. The molecule has 0 saturated carbocycles. The predicted octanol–water partition coefficient (Wildman–Crippen LogP) is 2.83. The van der Waals surface area contributed by atoms with E-state index in [1.54, 1.807) is 6.20 Å². The van der Waals surface area contributed by atoms with E-state index in [2.05, 4.69) is 45.6 Å². The Hall–Kier alpha value is -2.63. The second kappa shape index (κ2) is 6.64. The molecule has 6 nitrogen and oxygen atoms in total. The highest BCUT2D eigenvalue weighted by molar-refractivity contribution is 5.56. The maximum Gasteiger partial charge on any atom is 0.160 e. The van der Waals surface area contributed by atoms with E-state index in [-0.39, 0.29) is 0 Å². The third-order valence-corrected chi connectivity index (χ3v) is 3.89. The van der Waals surface area contributed by atoms with Crippen LogP contribution in [0, 0.1) is 13.8 Å². The minimum absolute atomic E-state index is 0.787. The molecule has 0 amide bonds. The fraction of sp³-hybridized carbons (Fsp3) is 0.353. The van der Waals surface area contributed by atoms with Gasteiger partial charge < -0.3 is 10.6 Å². The number of aryl methyl sites for hydroxylation is 3. The van der Waals surface area contributed by atoms with E-state index in [1.165, 1.54) is 0 Å². The summed E-state index contributed by atoms with van der Waals surface area (Å²) in [4.78, 5) is 8.78. The molecule has 0 radical (unpaired) electrons. The maximum absolute atomic E-state index is 4.69. The van der Waals surface area contributed by atoms with Crippen LogP contribution in [0.4, 0.5) is 11.5 Å². The number of nitrogens with zero attached hydrogens (tertiary/aromatic N) is 4. The Balaban J connectivity index is 1.73. The van der Waals surface area contributed by atoms with E-state index in [4.69, 9.17) is 0 Å². The molecule has 0 aliphatic carbocycles. The van der Waals surface area contributed by atoms with Crippen molar-refractivity contribution in [3.05, 3.63) is 47.5 Å². The minimum Gasteiger partial charge on any atom is -0.382 e. The summed E-state index contributed by atoms with van der Waals surface area (Å²) in [6.07, 6.45) is 4.49. The molecule has 0 aliphatic heterocycles. The average Bonchev–Trinajstić information content (AvgIpc) is 2.87. The SMILES string of the molecule is CCc1cc(NCCNc2cccnc2)n2nc(C)c(C)c2n1. The Kier molecular flexibility index (Phi) is 4.41. The Morgan fingerprint density at radius 1 is 1.17 bits per heavy atom. The third kappa shape index (κ3) is 3.26. The molecule has 3 heterocycles. The van der Waals surface area contributed by atoms with E-state index >= 15 is 0 Å². The number of fused-ring (bicyclic) bond motifs is 1. The fourth-order valence-corrected chi connectivity index (χ4v) is 2.45. The third-order valence-electron chi connectivity index (χ3n) is 3.89. The molecule has 0 unspecified atom stereocenters. The van der Waals surface area contributed by atoms with Gasteiger partial charge in [-0.15, -0.1) is 0 Å². The van der Waals surface area contributed by atoms with Crippen molar-refractivity contribution in [3.8, 4) is 0 Å². The quantitative estimate of drug-likeness (QED) is 0.685. The standard InChI is InChI=1S/C17H22N6/c1-4-14-10-16(23-17(21-14)12(2)13(3)22-23)20-9-8-19-15-6-5-7-18-11-15/h5-7,10-11,19-20H,4,8-9H2,1-3H3. The summed E-state index contributed by atoms with van der Waals surface area (Å²) in [5, 5.41) is 11.4. The molecule has 3 aromatic heterocycles. The van der Waals surface area contributed by atoms with Crippen LogP contribution in [0.3, 0.4) is 0 Å². The zero-order valence-electron chi connectivity index (χ0n) is 13.8. The van der Waals surface area contributed by atoms with Crippen LogP contribution in [0.1, 0.15) is 23.9 Å². The summed E-state index contributed by atoms with van der Waals surface area (Å²) in [5.41, 5.74) is 5.18. The largest absolute Gasteiger partial charge is 0.382 e. The van der Waals surface area contributed by atoms with Crippen LogP contribution >= 0.6 is 0 Å². The first-order chi connectivity index (χ1) is 11.2. The normalized spacial score (nSPS) is 10.9.